The topological polar surface area (TPSA) is 74.5 Å². The smallest absolute Gasteiger partial charge is 0.406 e. The number of aryl methyl sites for hydroxylation is 1. The molecule has 1 aliphatic rings. The maximum Gasteiger partial charge on any atom is 0.406 e. The number of hydrogen-bond donors (Lipinski definition) is 0. The van der Waals surface area contributed by atoms with Crippen LogP contribution in [-0.4, -0.2) is 34.1 Å². The van der Waals surface area contributed by atoms with Crippen LogP contribution in [0.15, 0.2) is 12.1 Å². The van der Waals surface area contributed by atoms with Gasteiger partial charge in [-0.2, -0.15) is 0 Å². The van der Waals surface area contributed by atoms with E-state index in [1.165, 1.54) is 0 Å². The molecule has 0 bridgehead atoms. The first kappa shape index (κ1) is 13.2. The number of rotatable bonds is 4. The van der Waals surface area contributed by atoms with Crippen LogP contribution < -0.4 is 4.74 Å². The first-order chi connectivity index (χ1) is 8.52. The van der Waals surface area contributed by atoms with E-state index >= 15 is 0 Å². The fourth-order valence-electron chi connectivity index (χ4n) is 1.86. The van der Waals surface area contributed by atoms with Gasteiger partial charge in [-0.05, 0) is 22.0 Å². The van der Waals surface area contributed by atoms with E-state index in [1.807, 2.05) is 0 Å². The second kappa shape index (κ2) is 5.19. The van der Waals surface area contributed by atoms with Crippen molar-refractivity contribution in [3.63, 3.8) is 0 Å². The van der Waals surface area contributed by atoms with E-state index < -0.39 is 4.92 Å². The predicted molar refractivity (Wildman–Crippen MR) is 68.2 cm³/mol. The van der Waals surface area contributed by atoms with E-state index in [-0.39, 0.29) is 28.6 Å². The molecule has 1 saturated carbocycles. The number of alkyl halides is 1. The zero-order valence-electron chi connectivity index (χ0n) is 10.00. The van der Waals surface area contributed by atoms with Gasteiger partial charge in [0.1, 0.15) is 17.9 Å². The van der Waals surface area contributed by atoms with Crippen molar-refractivity contribution in [3.05, 3.63) is 27.9 Å². The minimum absolute atomic E-state index is 0.0918. The number of methoxy groups -OCH3 is 1. The van der Waals surface area contributed by atoms with Crippen LogP contribution in [0.2, 0.25) is 0 Å². The molecule has 0 aliphatic heterocycles. The number of ether oxygens (including phenoxy) is 2. The molecule has 0 N–H and O–H groups in total. The molecule has 1 aliphatic carbocycles. The number of nitro groups is 1. The third-order valence-electron chi connectivity index (χ3n) is 2.88. The molecule has 1 fully saturated rings. The average molecular weight is 317 g/mol. The van der Waals surface area contributed by atoms with E-state index in [1.54, 1.807) is 26.2 Å². The zero-order chi connectivity index (χ0) is 13.3. The van der Waals surface area contributed by atoms with Gasteiger partial charge in [-0.1, -0.05) is 15.9 Å². The summed E-state index contributed by atoms with van der Waals surface area (Å²) in [6, 6.07) is 3.27. The molecule has 7 heteroatoms. The molecule has 0 spiro atoms. The van der Waals surface area contributed by atoms with Crippen LogP contribution in [0.1, 0.15) is 12.1 Å². The van der Waals surface area contributed by atoms with Crippen molar-refractivity contribution in [2.75, 3.05) is 7.11 Å². The number of halogens is 1. The Labute approximate surface area is 113 Å². The predicted octanol–water partition coefficient (Wildman–Crippen LogP) is 2.23. The molecule has 0 saturated heterocycles. The highest BCUT2D eigenvalue weighted by molar-refractivity contribution is 9.09. The summed E-state index contributed by atoms with van der Waals surface area (Å²) in [5, 5.41) is 10.9. The van der Waals surface area contributed by atoms with Gasteiger partial charge in [0.2, 0.25) is 5.75 Å². The highest BCUT2D eigenvalue weighted by atomic mass is 79.9. The monoisotopic (exact) mass is 316 g/mol. The molecule has 1 heterocycles. The lowest BCUT2D eigenvalue weighted by Gasteiger charge is -2.39. The number of pyridine rings is 1. The fraction of sp³-hybridized carbons (Fsp3) is 0.545. The van der Waals surface area contributed by atoms with E-state index in [0.29, 0.717) is 5.69 Å². The molecule has 0 aromatic carbocycles. The Morgan fingerprint density at radius 3 is 2.83 bits per heavy atom. The Kier molecular flexibility index (Phi) is 3.82. The van der Waals surface area contributed by atoms with Crippen LogP contribution >= 0.6 is 15.9 Å². The standard InChI is InChI=1S/C11H13BrN2O4/c1-6-3-4-8(11(13-6)14(15)16)18-9-5-7(12)10(9)17-2/h3-4,7,9-10H,5H2,1-2H3. The summed E-state index contributed by atoms with van der Waals surface area (Å²) in [5.41, 5.74) is 0.587. The largest absolute Gasteiger partial charge is 0.480 e. The molecule has 6 nitrogen and oxygen atoms in total. The number of hydrogen-bond acceptors (Lipinski definition) is 5. The van der Waals surface area contributed by atoms with Gasteiger partial charge in [0.25, 0.3) is 0 Å². The molecule has 1 aromatic rings. The van der Waals surface area contributed by atoms with Crippen molar-refractivity contribution in [1.29, 1.82) is 0 Å². The summed E-state index contributed by atoms with van der Waals surface area (Å²) in [6.45, 7) is 1.70. The Morgan fingerprint density at radius 2 is 2.28 bits per heavy atom. The second-order valence-corrected chi connectivity index (χ2v) is 5.32. The molecule has 3 unspecified atom stereocenters. The van der Waals surface area contributed by atoms with Crippen molar-refractivity contribution in [1.82, 2.24) is 4.98 Å². The van der Waals surface area contributed by atoms with Crippen molar-refractivity contribution in [2.45, 2.75) is 30.4 Å². The van der Waals surface area contributed by atoms with E-state index in [4.69, 9.17) is 9.47 Å². The van der Waals surface area contributed by atoms with Gasteiger partial charge in [-0.15, -0.1) is 0 Å². The lowest BCUT2D eigenvalue weighted by molar-refractivity contribution is -0.391. The van der Waals surface area contributed by atoms with Gasteiger partial charge in [0.05, 0.1) is 0 Å². The van der Waals surface area contributed by atoms with Gasteiger partial charge in [0.15, 0.2) is 0 Å². The van der Waals surface area contributed by atoms with Crippen molar-refractivity contribution in [3.8, 4) is 5.75 Å². The van der Waals surface area contributed by atoms with Crippen molar-refractivity contribution < 1.29 is 14.4 Å². The van der Waals surface area contributed by atoms with E-state index in [9.17, 15) is 10.1 Å². The van der Waals surface area contributed by atoms with Crippen molar-refractivity contribution >= 4 is 21.7 Å². The zero-order valence-corrected chi connectivity index (χ0v) is 11.6. The fourth-order valence-corrected chi connectivity index (χ4v) is 2.78. The molecule has 3 atom stereocenters. The average Bonchev–Trinajstić information content (AvgIpc) is 2.30. The first-order valence-electron chi connectivity index (χ1n) is 5.48. The van der Waals surface area contributed by atoms with Crippen LogP contribution in [0.4, 0.5) is 5.82 Å². The highest BCUT2D eigenvalue weighted by Gasteiger charge is 2.42. The Balaban J connectivity index is 2.17. The van der Waals surface area contributed by atoms with Gasteiger partial charge in [-0.25, -0.2) is 0 Å². The van der Waals surface area contributed by atoms with Crippen LogP contribution in [0.25, 0.3) is 0 Å². The number of nitrogens with zero attached hydrogens (tertiary/aromatic N) is 2. The molecule has 1 aromatic heterocycles. The lowest BCUT2D eigenvalue weighted by atomic mass is 9.91. The van der Waals surface area contributed by atoms with Crippen molar-refractivity contribution in [2.24, 2.45) is 0 Å². The Bertz CT molecular complexity index is 468. The molecule has 98 valence electrons. The molecule has 0 amide bonds. The third-order valence-corrected chi connectivity index (χ3v) is 3.78. The van der Waals surface area contributed by atoms with Gasteiger partial charge in [0, 0.05) is 25.3 Å². The Hall–Kier alpha value is -1.21. The van der Waals surface area contributed by atoms with E-state index in [0.717, 1.165) is 6.42 Å². The summed E-state index contributed by atoms with van der Waals surface area (Å²) in [7, 11) is 1.59. The summed E-state index contributed by atoms with van der Waals surface area (Å²) in [6.07, 6.45) is 0.484. The lowest BCUT2D eigenvalue weighted by Crippen LogP contribution is -2.51. The Morgan fingerprint density at radius 1 is 1.56 bits per heavy atom. The summed E-state index contributed by atoms with van der Waals surface area (Å²) >= 11 is 3.45. The minimum Gasteiger partial charge on any atom is -0.480 e. The maximum absolute atomic E-state index is 10.9. The molecule has 18 heavy (non-hydrogen) atoms. The quantitative estimate of drug-likeness (QED) is 0.483. The van der Waals surface area contributed by atoms with Gasteiger partial charge >= 0.3 is 5.82 Å². The first-order valence-corrected chi connectivity index (χ1v) is 6.40. The molecular weight excluding hydrogens is 304 g/mol. The van der Waals surface area contributed by atoms with Crippen LogP contribution in [-0.2, 0) is 4.74 Å². The van der Waals surface area contributed by atoms with Gasteiger partial charge in [-0.3, -0.25) is 0 Å². The van der Waals surface area contributed by atoms with Gasteiger partial charge < -0.3 is 19.6 Å². The summed E-state index contributed by atoms with van der Waals surface area (Å²) in [5.74, 6) is -0.0556. The molecule has 0 radical (unpaired) electrons. The van der Waals surface area contributed by atoms with Crippen LogP contribution in [0, 0.1) is 17.0 Å². The van der Waals surface area contributed by atoms with E-state index in [2.05, 4.69) is 20.9 Å². The van der Waals surface area contributed by atoms with Crippen LogP contribution in [0.3, 0.4) is 0 Å². The maximum atomic E-state index is 10.9. The summed E-state index contributed by atoms with van der Waals surface area (Å²) < 4.78 is 10.9. The highest BCUT2D eigenvalue weighted by Crippen LogP contribution is 2.36. The third kappa shape index (κ3) is 2.46. The van der Waals surface area contributed by atoms with Crippen LogP contribution in [0.5, 0.6) is 5.75 Å². The SMILES string of the molecule is COC1C(Br)CC1Oc1ccc(C)nc1[N+](=O)[O-]. The second-order valence-electron chi connectivity index (χ2n) is 4.14. The molecular formula is C11H13BrN2O4. The normalized spacial score (nSPS) is 26.5. The minimum atomic E-state index is -0.533. The molecule has 2 rings (SSSR count). The summed E-state index contributed by atoms with van der Waals surface area (Å²) in [4.78, 5) is 14.5. The number of aromatic nitrogens is 1.